The van der Waals surface area contributed by atoms with E-state index in [1.54, 1.807) is 53.5 Å². The minimum atomic E-state index is -1.28. The average Bonchev–Trinajstić information content (AvgIpc) is 1.69. The number of carbonyl (C=O) groups excluding carboxylic acids is 2. The first-order valence-corrected chi connectivity index (χ1v) is 46.9. The third kappa shape index (κ3) is 32.9. The summed E-state index contributed by atoms with van der Waals surface area (Å²) in [5.74, 6) is -2.96. The van der Waals surface area contributed by atoms with Crippen LogP contribution in [0.1, 0.15) is 238 Å². The third-order valence-corrected chi connectivity index (χ3v) is 22.9. The zero-order valence-electron chi connectivity index (χ0n) is 81.2. The number of ketones is 2. The molecule has 0 atom stereocenters. The molecule has 2 aliphatic heterocycles. The quantitative estimate of drug-likeness (QED) is 0.00837. The van der Waals surface area contributed by atoms with Crippen molar-refractivity contribution in [3.63, 3.8) is 0 Å². The number of aromatic amines is 1. The average molecular weight is 2080 g/mol. The Balaban J connectivity index is 0.000000149. The lowest BCUT2D eigenvalue weighted by molar-refractivity contribution is 0.0644. The molecular weight excluding hydrogens is 1960 g/mol. The molecule has 0 unspecified atom stereocenters. The van der Waals surface area contributed by atoms with Crippen LogP contribution in [0.5, 0.6) is 0 Å². The Morgan fingerprint density at radius 1 is 0.409 bits per heavy atom. The summed E-state index contributed by atoms with van der Waals surface area (Å²) in [6.07, 6.45) is 35.0. The van der Waals surface area contributed by atoms with Crippen LogP contribution >= 0.6 is 0 Å². The van der Waals surface area contributed by atoms with Crippen molar-refractivity contribution >= 4 is 46.7 Å². The van der Waals surface area contributed by atoms with Gasteiger partial charge >= 0.3 is 29.5 Å². The largest absolute Gasteiger partial charge is 0.474 e. The van der Waals surface area contributed by atoms with Gasteiger partial charge in [-0.3, -0.25) is 37.8 Å². The van der Waals surface area contributed by atoms with Crippen LogP contribution in [0.3, 0.4) is 0 Å². The molecule has 4 saturated carbocycles. The van der Waals surface area contributed by atoms with Crippen LogP contribution in [0.4, 0.5) is 0 Å². The van der Waals surface area contributed by atoms with Gasteiger partial charge in [-0.1, -0.05) is 67.5 Å². The number of carboxylic acid groups (broad SMARTS) is 2. The van der Waals surface area contributed by atoms with Crippen LogP contribution < -0.4 is 73.9 Å². The van der Waals surface area contributed by atoms with Crippen LogP contribution in [-0.4, -0.2) is 322 Å². The molecule has 0 spiro atoms. The third-order valence-electron chi connectivity index (χ3n) is 22.9. The molecule has 1 saturated heterocycles. The van der Waals surface area contributed by atoms with Gasteiger partial charge in [-0.25, -0.2) is 37.8 Å². The van der Waals surface area contributed by atoms with Crippen LogP contribution in [0.2, 0.25) is 0 Å². The fourth-order valence-electron chi connectivity index (χ4n) is 14.9. The van der Waals surface area contributed by atoms with E-state index in [-0.39, 0.29) is 64.4 Å². The van der Waals surface area contributed by atoms with E-state index in [1.165, 1.54) is 23.2 Å². The number of nitrogens with zero attached hydrogens (tertiary/aromatic N) is 40. The molecule has 16 heterocycles. The number of aryl methyl sites for hydroxylation is 1. The lowest BCUT2D eigenvalue weighted by Gasteiger charge is -2.25. The number of nitrogens with two attached hydrogens (primary N) is 10. The van der Waals surface area contributed by atoms with Crippen LogP contribution in [0.15, 0.2) is 116 Å². The Morgan fingerprint density at radius 3 is 1.17 bits per heavy atom. The molecule has 0 amide bonds. The first-order chi connectivity index (χ1) is 71.9. The van der Waals surface area contributed by atoms with Crippen molar-refractivity contribution in [1.82, 2.24) is 197 Å². The maximum absolute atomic E-state index is 11.1. The van der Waals surface area contributed by atoms with Crippen molar-refractivity contribution < 1.29 is 72.0 Å². The second kappa shape index (κ2) is 55.1. The number of amidine groups is 3. The van der Waals surface area contributed by atoms with Crippen molar-refractivity contribution in [3.05, 3.63) is 125 Å². The standard InChI is InChI=1S/C12H16N6O2.C11H14N6O2.C11H16N6O.C10H18N6O.C10H17N5O.C8H10N6O3.C7H8N6O3.C6H8N6O2.C5H10N6O/c1-7(19)11-15-16-12(20-11)10-6-18(17-14-10)9-4-2-8(13)3-5-9;1-7(18)10-14-15-11(19-10)9-6-17(16-13-9)8-2-4-12-5-3-8;1-7-13-11(15-18-7)10-6-17(16-14-10)9-4-2-8(12)3-5-9;11-7-1-3-9(4-2-7)16-6-8(13-15-16)5-10(12)14-17;1-7(13-16)10-6-15(14-12-10)9-4-2-8(11)3-5-9;9-2-1-3-14-4-5(10-13-14)6-11-12-7(17-6)8(15)16;8-1-2-13-3-4(9-12-13)5-10-11-6(16-5)7(14)15;7-1-2-12-3-4(9-11-12)5-8-6(13)14-10-5;6-1-2-11-3-4(8-10-11)5(7)9-12/h6,8-9H,2-5,13H2,1H3;6,8,12H,2-5H2,1H3;6,8-9H,1-5,12H2,(H,13,15);6-7,9,17H,1-5,11H2,(H2,12,14);6,8-9,16H,2-5,11H2,1H3;4H,1-3,9H2,(H,15,16);3H,1-2,8H2,(H,14,15);3H,1-2,7H2,(H,8,10,13);3,12H,1-2,6H2,(H2,7,9)/b;;;;13-7+;;;;. The van der Waals surface area contributed by atoms with Gasteiger partial charge in [0.05, 0.1) is 112 Å². The number of piperidine rings is 1. The molecule has 0 radical (unpaired) electrons. The fraction of sp³-hybridized carbons (Fsp3) is 0.525. The molecule has 28 N–H and O–H groups in total. The Morgan fingerprint density at radius 2 is 0.779 bits per heavy atom. The van der Waals surface area contributed by atoms with Crippen LogP contribution in [0.25, 0.3) is 57.9 Å². The van der Waals surface area contributed by atoms with Gasteiger partial charge in [-0.05, 0) is 155 Å². The van der Waals surface area contributed by atoms with E-state index >= 15 is 0 Å². The Hall–Kier alpha value is -17.3. The molecule has 69 heteroatoms. The maximum Gasteiger partial charge on any atom is 0.439 e. The van der Waals surface area contributed by atoms with Gasteiger partial charge < -0.3 is 111 Å². The van der Waals surface area contributed by atoms with E-state index in [1.807, 2.05) is 42.0 Å². The van der Waals surface area contributed by atoms with Crippen LogP contribution in [-0.2, 0) is 37.4 Å². The summed E-state index contributed by atoms with van der Waals surface area (Å²) in [6.45, 7) is 14.2. The van der Waals surface area contributed by atoms with E-state index in [0.29, 0.717) is 176 Å². The zero-order chi connectivity index (χ0) is 106. The number of aromatic nitrogens is 37. The summed E-state index contributed by atoms with van der Waals surface area (Å²) in [6, 6.07) is 3.09. The topological polar surface area (TPSA) is 1000 Å². The minimum Gasteiger partial charge on any atom is -0.474 e. The highest BCUT2D eigenvalue weighted by Gasteiger charge is 2.30. The predicted molar refractivity (Wildman–Crippen MR) is 511 cm³/mol. The van der Waals surface area contributed by atoms with E-state index in [0.717, 1.165) is 141 Å². The number of aromatic carboxylic acids is 2. The number of carboxylic acids is 2. The normalized spacial score (nSPS) is 18.7. The highest BCUT2D eigenvalue weighted by Crippen LogP contribution is 2.32. The van der Waals surface area contributed by atoms with Gasteiger partial charge in [0.1, 0.15) is 17.2 Å². The zero-order valence-corrected chi connectivity index (χ0v) is 81.2. The first-order valence-electron chi connectivity index (χ1n) is 46.9. The summed E-state index contributed by atoms with van der Waals surface area (Å²) in [4.78, 5) is 65.3. The maximum atomic E-state index is 11.1. The monoisotopic (exact) mass is 2080 g/mol. The van der Waals surface area contributed by atoms with Crippen molar-refractivity contribution in [2.45, 2.75) is 230 Å². The molecule has 14 aromatic rings. The highest BCUT2D eigenvalue weighted by atomic mass is 16.7. The Bertz CT molecular complexity index is 6710. The molecular formula is C80H117N53O16. The lowest BCUT2D eigenvalue weighted by atomic mass is 9.92. The molecule has 6 aliphatic rings. The summed E-state index contributed by atoms with van der Waals surface area (Å²) in [5.41, 5.74) is 63.1. The van der Waals surface area contributed by atoms with Gasteiger partial charge in [-0.2, -0.15) is 10.5 Å². The highest BCUT2D eigenvalue weighted by molar-refractivity contribution is 5.98. The summed E-state index contributed by atoms with van der Waals surface area (Å²) < 4.78 is 40.0. The number of rotatable bonds is 28. The molecule has 0 aromatic carbocycles. The Kier molecular flexibility index (Phi) is 40.9. The van der Waals surface area contributed by atoms with Crippen molar-refractivity contribution in [1.29, 1.82) is 0 Å². The van der Waals surface area contributed by atoms with Gasteiger partial charge in [0, 0.05) is 70.4 Å². The second-order valence-electron chi connectivity index (χ2n) is 34.1. The smallest absolute Gasteiger partial charge is 0.439 e. The number of hydroxylamine groups is 1. The number of hydrogen-bond donors (Lipinski definition) is 18. The minimum absolute atomic E-state index is 0.00795. The van der Waals surface area contributed by atoms with Crippen molar-refractivity contribution in [3.8, 4) is 57.9 Å². The van der Waals surface area contributed by atoms with E-state index in [2.05, 4.69) is 186 Å². The van der Waals surface area contributed by atoms with Gasteiger partial charge in [0.25, 0.3) is 35.3 Å². The molecule has 5 fully saturated rings. The van der Waals surface area contributed by atoms with Crippen molar-refractivity contribution in [2.75, 3.05) is 39.3 Å². The van der Waals surface area contributed by atoms with Gasteiger partial charge in [-0.15, -0.1) is 86.7 Å². The number of nitrogens with one attached hydrogen (secondary N) is 3. The molecule has 149 heavy (non-hydrogen) atoms. The number of carbonyl (C=O) groups is 4. The van der Waals surface area contributed by atoms with E-state index < -0.39 is 29.5 Å². The fourth-order valence-corrected chi connectivity index (χ4v) is 14.9. The number of hydrogen-bond acceptors (Lipinski definition) is 55. The van der Waals surface area contributed by atoms with E-state index in [4.69, 9.17) is 106 Å². The SMILES string of the molecule is C/C(=N\O)c1cn(C2CCC(N)CC2)nn1.C=C1N=C(c2cn(C3CCC(N)CC3)nn2)NO1.CC(=O)c1nnc(-c2cn(C3CCC(N)CC3)nn2)o1.CC(=O)c1nnc(-c2cn(C3CCNCC3)nn2)o1.N/C(Cc1cn(C2CCC(N)CC2)nn1)=N/O.NCCCn1cc(-c2nnc(C(=O)O)o2)nn1.NCCn1cc(-c2nnc(C(=O)O)o2)nn1.NCCn1cc(-c2noc(=O)[nH]2)nn1.NCCn1cc(/C(N)=N/O)nn1. The first kappa shape index (κ1) is 110. The number of Topliss-reactive ketones (excluding diaryl/α,β-unsaturated/α-hetero) is 2. The molecule has 14 aromatic heterocycles. The van der Waals surface area contributed by atoms with E-state index in [9.17, 15) is 24.0 Å². The lowest BCUT2D eigenvalue weighted by Crippen LogP contribution is -2.29. The van der Waals surface area contributed by atoms with Crippen molar-refractivity contribution in [2.24, 2.45) is 77.8 Å². The summed E-state index contributed by atoms with van der Waals surface area (Å²) in [5, 5.41) is 158. The number of H-pyrrole nitrogens is 1. The molecule has 0 bridgehead atoms. The Labute approximate surface area is 841 Å². The number of aliphatic imine (C=N–C) groups is 1. The van der Waals surface area contributed by atoms with Gasteiger partial charge in [0.2, 0.25) is 23.3 Å². The second-order valence-corrected chi connectivity index (χ2v) is 34.1. The van der Waals surface area contributed by atoms with Crippen LogP contribution in [0, 0.1) is 0 Å². The molecule has 4 aliphatic carbocycles. The molecule has 20 rings (SSSR count). The summed E-state index contributed by atoms with van der Waals surface area (Å²) in [7, 11) is 0. The number of oxime groups is 3. The molecule has 69 nitrogen and oxygen atoms in total. The molecule has 798 valence electrons. The summed E-state index contributed by atoms with van der Waals surface area (Å²) >= 11 is 0. The van der Waals surface area contributed by atoms with Gasteiger partial charge in [0.15, 0.2) is 51.5 Å². The predicted octanol–water partition coefficient (Wildman–Crippen LogP) is -1.90.